The van der Waals surface area contributed by atoms with Crippen LogP contribution < -0.4 is 10.1 Å². The Morgan fingerprint density at radius 1 is 1.12 bits per heavy atom. The standard InChI is InChI=1S/C20H18F3N3O7/c21-20(22,23)32-11-5-3-10(4-6-11)18-25-15(33-26-18)8-13-16(27)17(28)14(31-13)9-24-19(29)12-2-1-7-30-12/h1-7,13-14,16-17,27-28H,8-9H2,(H,24,29). The predicted octanol–water partition coefficient (Wildman–Crippen LogP) is 1.69. The molecule has 0 aliphatic carbocycles. The van der Waals surface area contributed by atoms with Crippen molar-refractivity contribution in [3.05, 3.63) is 54.3 Å². The average Bonchev–Trinajstić information content (AvgIpc) is 3.50. The van der Waals surface area contributed by atoms with E-state index in [0.717, 1.165) is 12.1 Å². The fraction of sp³-hybridized carbons (Fsp3) is 0.350. The SMILES string of the molecule is O=C(NCC1OC(Cc2nc(-c3ccc(OC(F)(F)F)cc3)no2)C(O)C1O)c1ccco1. The van der Waals surface area contributed by atoms with Crippen molar-refractivity contribution in [2.24, 2.45) is 0 Å². The summed E-state index contributed by atoms with van der Waals surface area (Å²) in [5.41, 5.74) is 0.381. The van der Waals surface area contributed by atoms with Crippen LogP contribution in [0.5, 0.6) is 5.75 Å². The van der Waals surface area contributed by atoms with E-state index in [9.17, 15) is 28.2 Å². The molecule has 33 heavy (non-hydrogen) atoms. The molecular weight excluding hydrogens is 451 g/mol. The van der Waals surface area contributed by atoms with E-state index in [2.05, 4.69) is 20.2 Å². The Kier molecular flexibility index (Phi) is 6.35. The first-order valence-electron chi connectivity index (χ1n) is 9.71. The number of alkyl halides is 3. The summed E-state index contributed by atoms with van der Waals surface area (Å²) >= 11 is 0. The first-order chi connectivity index (χ1) is 15.7. The highest BCUT2D eigenvalue weighted by molar-refractivity contribution is 5.91. The first-order valence-corrected chi connectivity index (χ1v) is 9.71. The maximum atomic E-state index is 12.3. The van der Waals surface area contributed by atoms with Gasteiger partial charge in [-0.15, -0.1) is 13.2 Å². The van der Waals surface area contributed by atoms with Gasteiger partial charge in [0, 0.05) is 12.1 Å². The van der Waals surface area contributed by atoms with Crippen LogP contribution >= 0.6 is 0 Å². The van der Waals surface area contributed by atoms with Gasteiger partial charge in [0.25, 0.3) is 5.91 Å². The van der Waals surface area contributed by atoms with Gasteiger partial charge >= 0.3 is 6.36 Å². The quantitative estimate of drug-likeness (QED) is 0.472. The molecule has 0 bridgehead atoms. The van der Waals surface area contributed by atoms with Crippen LogP contribution in [0, 0.1) is 0 Å². The lowest BCUT2D eigenvalue weighted by molar-refractivity contribution is -0.274. The number of aliphatic hydroxyl groups is 2. The Morgan fingerprint density at radius 2 is 1.85 bits per heavy atom. The highest BCUT2D eigenvalue weighted by Gasteiger charge is 2.43. The normalized spacial score (nSPS) is 22.9. The van der Waals surface area contributed by atoms with Gasteiger partial charge in [0.15, 0.2) is 5.76 Å². The molecule has 1 aliphatic rings. The van der Waals surface area contributed by atoms with Gasteiger partial charge < -0.3 is 33.9 Å². The fourth-order valence-electron chi connectivity index (χ4n) is 3.28. The van der Waals surface area contributed by atoms with Crippen LogP contribution in [-0.2, 0) is 11.2 Å². The van der Waals surface area contributed by atoms with Crippen LogP contribution in [0.25, 0.3) is 11.4 Å². The lowest BCUT2D eigenvalue weighted by Crippen LogP contribution is -2.39. The van der Waals surface area contributed by atoms with Crippen molar-refractivity contribution in [1.82, 2.24) is 15.5 Å². The predicted molar refractivity (Wildman–Crippen MR) is 102 cm³/mol. The number of furan rings is 1. The summed E-state index contributed by atoms with van der Waals surface area (Å²) in [6, 6.07) is 7.92. The van der Waals surface area contributed by atoms with Gasteiger partial charge in [0.05, 0.1) is 18.8 Å². The van der Waals surface area contributed by atoms with E-state index in [1.165, 1.54) is 24.5 Å². The van der Waals surface area contributed by atoms with Gasteiger partial charge in [0.1, 0.15) is 24.1 Å². The van der Waals surface area contributed by atoms with E-state index in [4.69, 9.17) is 13.7 Å². The molecule has 0 spiro atoms. The molecule has 176 valence electrons. The van der Waals surface area contributed by atoms with Crippen molar-refractivity contribution < 1.29 is 46.6 Å². The van der Waals surface area contributed by atoms with E-state index in [1.807, 2.05) is 0 Å². The number of carbonyl (C=O) groups is 1. The monoisotopic (exact) mass is 469 g/mol. The second-order valence-corrected chi connectivity index (χ2v) is 7.17. The number of aromatic nitrogens is 2. The summed E-state index contributed by atoms with van der Waals surface area (Å²) in [5, 5.41) is 26.8. The number of halogens is 3. The van der Waals surface area contributed by atoms with E-state index < -0.39 is 42.4 Å². The van der Waals surface area contributed by atoms with Crippen LogP contribution in [0.4, 0.5) is 13.2 Å². The van der Waals surface area contributed by atoms with E-state index in [-0.39, 0.29) is 30.4 Å². The number of nitrogens with one attached hydrogen (secondary N) is 1. The number of ether oxygens (including phenoxy) is 2. The van der Waals surface area contributed by atoms with E-state index in [0.29, 0.717) is 5.56 Å². The molecule has 1 saturated heterocycles. The summed E-state index contributed by atoms with van der Waals surface area (Å²) in [5.74, 6) is -0.606. The number of nitrogens with zero attached hydrogens (tertiary/aromatic N) is 2. The maximum Gasteiger partial charge on any atom is 0.573 e. The van der Waals surface area contributed by atoms with E-state index in [1.54, 1.807) is 6.07 Å². The lowest BCUT2D eigenvalue weighted by atomic mass is 10.1. The van der Waals surface area contributed by atoms with Crippen LogP contribution in [-0.4, -0.2) is 63.6 Å². The van der Waals surface area contributed by atoms with Gasteiger partial charge in [-0.3, -0.25) is 4.79 Å². The molecule has 1 aromatic carbocycles. The second kappa shape index (κ2) is 9.21. The minimum atomic E-state index is -4.80. The molecular formula is C20H18F3N3O7. The molecule has 4 rings (SSSR count). The van der Waals surface area contributed by atoms with Crippen molar-refractivity contribution in [3.63, 3.8) is 0 Å². The zero-order valence-electron chi connectivity index (χ0n) is 16.7. The molecule has 3 heterocycles. The molecule has 0 radical (unpaired) electrons. The van der Waals surface area contributed by atoms with Crippen LogP contribution in [0.3, 0.4) is 0 Å². The van der Waals surface area contributed by atoms with Gasteiger partial charge in [-0.2, -0.15) is 4.98 Å². The van der Waals surface area contributed by atoms with Gasteiger partial charge in [-0.05, 0) is 36.4 Å². The number of benzene rings is 1. The Hall–Kier alpha value is -3.42. The number of amides is 1. The zero-order valence-corrected chi connectivity index (χ0v) is 16.7. The van der Waals surface area contributed by atoms with Crippen molar-refractivity contribution in [2.75, 3.05) is 6.54 Å². The van der Waals surface area contributed by atoms with Crippen LogP contribution in [0.15, 0.2) is 51.6 Å². The van der Waals surface area contributed by atoms with Crippen LogP contribution in [0.1, 0.15) is 16.4 Å². The van der Waals surface area contributed by atoms with Crippen LogP contribution in [0.2, 0.25) is 0 Å². The number of hydrogen-bond donors (Lipinski definition) is 3. The summed E-state index contributed by atoms with van der Waals surface area (Å²) < 4.78 is 56.3. The first kappa shape index (κ1) is 22.8. The Labute approximate surface area is 183 Å². The third-order valence-corrected chi connectivity index (χ3v) is 4.86. The summed E-state index contributed by atoms with van der Waals surface area (Å²) in [4.78, 5) is 16.1. The highest BCUT2D eigenvalue weighted by Crippen LogP contribution is 2.27. The summed E-state index contributed by atoms with van der Waals surface area (Å²) in [6.45, 7) is -0.0737. The highest BCUT2D eigenvalue weighted by atomic mass is 19.4. The molecule has 2 aromatic heterocycles. The molecule has 13 heteroatoms. The molecule has 1 aliphatic heterocycles. The summed E-state index contributed by atoms with van der Waals surface area (Å²) in [6.07, 6.45) is -7.80. The minimum Gasteiger partial charge on any atom is -0.459 e. The zero-order chi connectivity index (χ0) is 23.6. The molecule has 4 unspecified atom stereocenters. The third-order valence-electron chi connectivity index (χ3n) is 4.86. The number of aliphatic hydroxyl groups excluding tert-OH is 2. The topological polar surface area (TPSA) is 140 Å². The van der Waals surface area contributed by atoms with Crippen molar-refractivity contribution >= 4 is 5.91 Å². The second-order valence-electron chi connectivity index (χ2n) is 7.17. The number of carbonyl (C=O) groups excluding carboxylic acids is 1. The van der Waals surface area contributed by atoms with E-state index >= 15 is 0 Å². The van der Waals surface area contributed by atoms with Gasteiger partial charge in [0.2, 0.25) is 11.7 Å². The molecule has 10 nitrogen and oxygen atoms in total. The number of hydrogen-bond acceptors (Lipinski definition) is 9. The lowest BCUT2D eigenvalue weighted by Gasteiger charge is -2.14. The Bertz CT molecular complexity index is 1070. The Balaban J connectivity index is 1.34. The minimum absolute atomic E-state index is 0.0386. The molecule has 1 amide bonds. The smallest absolute Gasteiger partial charge is 0.459 e. The van der Waals surface area contributed by atoms with Crippen molar-refractivity contribution in [1.29, 1.82) is 0 Å². The molecule has 3 aromatic rings. The fourth-order valence-corrected chi connectivity index (χ4v) is 3.28. The van der Waals surface area contributed by atoms with Crippen molar-refractivity contribution in [2.45, 2.75) is 37.2 Å². The van der Waals surface area contributed by atoms with Gasteiger partial charge in [-0.1, -0.05) is 5.16 Å². The molecule has 3 N–H and O–H groups in total. The molecule has 1 fully saturated rings. The third kappa shape index (κ3) is 5.50. The largest absolute Gasteiger partial charge is 0.573 e. The number of rotatable bonds is 7. The maximum absolute atomic E-state index is 12.3. The molecule has 4 atom stereocenters. The molecule has 0 saturated carbocycles. The van der Waals surface area contributed by atoms with Gasteiger partial charge in [-0.25, -0.2) is 0 Å². The summed E-state index contributed by atoms with van der Waals surface area (Å²) in [7, 11) is 0. The Morgan fingerprint density at radius 3 is 2.52 bits per heavy atom. The average molecular weight is 469 g/mol. The van der Waals surface area contributed by atoms with Crippen molar-refractivity contribution in [3.8, 4) is 17.1 Å².